The Morgan fingerprint density at radius 2 is 2.07 bits per heavy atom. The number of carbonyl (C=O) groups is 1. The highest BCUT2D eigenvalue weighted by molar-refractivity contribution is 5.96. The number of aryl methyl sites for hydroxylation is 1. The molecule has 2 N–H and O–H groups in total. The van der Waals surface area contributed by atoms with Gasteiger partial charge in [-0.2, -0.15) is 4.98 Å². The van der Waals surface area contributed by atoms with E-state index in [1.165, 1.54) is 0 Å². The van der Waals surface area contributed by atoms with Gasteiger partial charge in [0, 0.05) is 44.0 Å². The largest absolute Gasteiger partial charge is 0.399 e. The molecule has 1 aliphatic rings. The first-order valence-corrected chi connectivity index (χ1v) is 9.29. The molecule has 1 unspecified atom stereocenters. The first-order valence-electron chi connectivity index (χ1n) is 9.29. The van der Waals surface area contributed by atoms with Crippen LogP contribution in [0.2, 0.25) is 0 Å². The van der Waals surface area contributed by atoms with Crippen LogP contribution in [0.25, 0.3) is 0 Å². The molecule has 1 aromatic carbocycles. The highest BCUT2D eigenvalue weighted by atomic mass is 16.5. The predicted molar refractivity (Wildman–Crippen MR) is 101 cm³/mol. The minimum absolute atomic E-state index is 0.0325. The fraction of sp³-hybridized carbons (Fsp3) is 0.526. The van der Waals surface area contributed by atoms with E-state index in [1.807, 2.05) is 37.8 Å². The molecule has 146 valence electrons. The molecule has 1 aromatic heterocycles. The van der Waals surface area contributed by atoms with E-state index in [1.54, 1.807) is 6.07 Å². The Hall–Kier alpha value is -2.45. The third-order valence-electron chi connectivity index (χ3n) is 4.77. The highest BCUT2D eigenvalue weighted by Crippen LogP contribution is 2.18. The van der Waals surface area contributed by atoms with Crippen LogP contribution in [0.3, 0.4) is 0 Å². The molecule has 1 amide bonds. The molecule has 1 atom stereocenters. The Bertz CT molecular complexity index is 783. The third-order valence-corrected chi connectivity index (χ3v) is 4.77. The van der Waals surface area contributed by atoms with Gasteiger partial charge in [0.15, 0.2) is 5.82 Å². The number of nitrogens with two attached hydrogens (primary N) is 1. The number of piperazine rings is 1. The van der Waals surface area contributed by atoms with Gasteiger partial charge < -0.3 is 19.9 Å². The molecule has 3 rings (SSSR count). The molecule has 1 fully saturated rings. The van der Waals surface area contributed by atoms with Gasteiger partial charge in [0.2, 0.25) is 5.89 Å². The number of nitrogens with zero attached hydrogens (tertiary/aromatic N) is 4. The topological polar surface area (TPSA) is 97.7 Å². The summed E-state index contributed by atoms with van der Waals surface area (Å²) in [6, 6.07) is 5.45. The van der Waals surface area contributed by atoms with E-state index in [4.69, 9.17) is 15.0 Å². The number of rotatable bonds is 6. The van der Waals surface area contributed by atoms with E-state index < -0.39 is 0 Å². The molecular formula is C19H27N5O3. The monoisotopic (exact) mass is 373 g/mol. The number of ether oxygens (including phenoxy) is 1. The van der Waals surface area contributed by atoms with Crippen molar-refractivity contribution in [3.05, 3.63) is 41.0 Å². The summed E-state index contributed by atoms with van der Waals surface area (Å²) in [6.45, 7) is 9.77. The summed E-state index contributed by atoms with van der Waals surface area (Å²) in [5.74, 6) is 1.17. The van der Waals surface area contributed by atoms with Gasteiger partial charge in [-0.25, -0.2) is 0 Å². The molecule has 27 heavy (non-hydrogen) atoms. The van der Waals surface area contributed by atoms with E-state index in [9.17, 15) is 4.79 Å². The number of benzene rings is 1. The van der Waals surface area contributed by atoms with Crippen LogP contribution in [0.1, 0.15) is 47.6 Å². The SMILES string of the molecule is CCOC(C)c1noc(CN2CCN(C(=O)c3cc(N)ccc3C)CC2)n1. The molecule has 8 nitrogen and oxygen atoms in total. The molecule has 0 spiro atoms. The van der Waals surface area contributed by atoms with Crippen molar-refractivity contribution in [3.8, 4) is 0 Å². The van der Waals surface area contributed by atoms with Gasteiger partial charge in [0.05, 0.1) is 6.54 Å². The van der Waals surface area contributed by atoms with Crippen molar-refractivity contribution in [1.82, 2.24) is 19.9 Å². The molecular weight excluding hydrogens is 346 g/mol. The number of carbonyl (C=O) groups excluding carboxylic acids is 1. The normalized spacial score (nSPS) is 16.5. The van der Waals surface area contributed by atoms with E-state index in [0.717, 1.165) is 18.7 Å². The van der Waals surface area contributed by atoms with Crippen molar-refractivity contribution in [2.45, 2.75) is 33.4 Å². The molecule has 1 saturated heterocycles. The van der Waals surface area contributed by atoms with E-state index in [-0.39, 0.29) is 12.0 Å². The second kappa shape index (κ2) is 8.49. The van der Waals surface area contributed by atoms with Crippen LogP contribution in [-0.4, -0.2) is 58.6 Å². The zero-order valence-electron chi connectivity index (χ0n) is 16.1. The zero-order valence-corrected chi connectivity index (χ0v) is 16.1. The Morgan fingerprint density at radius 1 is 1.33 bits per heavy atom. The van der Waals surface area contributed by atoms with Gasteiger partial charge in [-0.15, -0.1) is 0 Å². The molecule has 2 heterocycles. The van der Waals surface area contributed by atoms with Crippen LogP contribution < -0.4 is 5.73 Å². The van der Waals surface area contributed by atoms with Crippen LogP contribution >= 0.6 is 0 Å². The zero-order chi connectivity index (χ0) is 19.4. The van der Waals surface area contributed by atoms with Gasteiger partial charge in [-0.1, -0.05) is 11.2 Å². The van der Waals surface area contributed by atoms with Crippen LogP contribution in [0.15, 0.2) is 22.7 Å². The fourth-order valence-corrected chi connectivity index (χ4v) is 3.16. The summed E-state index contributed by atoms with van der Waals surface area (Å²) in [7, 11) is 0. The second-order valence-corrected chi connectivity index (χ2v) is 6.79. The summed E-state index contributed by atoms with van der Waals surface area (Å²) in [5.41, 5.74) is 8.06. The van der Waals surface area contributed by atoms with E-state index in [2.05, 4.69) is 15.0 Å². The minimum atomic E-state index is -0.177. The van der Waals surface area contributed by atoms with E-state index in [0.29, 0.717) is 49.2 Å². The Balaban J connectivity index is 1.54. The maximum absolute atomic E-state index is 12.8. The van der Waals surface area contributed by atoms with Gasteiger partial charge in [0.1, 0.15) is 6.10 Å². The van der Waals surface area contributed by atoms with Crippen molar-refractivity contribution in [3.63, 3.8) is 0 Å². The summed E-state index contributed by atoms with van der Waals surface area (Å²) < 4.78 is 10.8. The number of anilines is 1. The number of hydrogen-bond donors (Lipinski definition) is 1. The average molecular weight is 373 g/mol. The first-order chi connectivity index (χ1) is 13.0. The van der Waals surface area contributed by atoms with Crippen molar-refractivity contribution in [2.75, 3.05) is 38.5 Å². The summed E-state index contributed by atoms with van der Waals surface area (Å²) in [5, 5.41) is 3.99. The molecule has 2 aromatic rings. The average Bonchev–Trinajstić information content (AvgIpc) is 3.13. The minimum Gasteiger partial charge on any atom is -0.399 e. The standard InChI is InChI=1S/C19H27N5O3/c1-4-26-14(3)18-21-17(27-22-18)12-23-7-9-24(10-8-23)19(25)16-11-15(20)6-5-13(16)2/h5-6,11,14H,4,7-10,12,20H2,1-3H3. The lowest BCUT2D eigenvalue weighted by molar-refractivity contribution is 0.0614. The maximum Gasteiger partial charge on any atom is 0.254 e. The number of hydrogen-bond acceptors (Lipinski definition) is 7. The van der Waals surface area contributed by atoms with Gasteiger partial charge in [-0.05, 0) is 38.5 Å². The maximum atomic E-state index is 12.8. The molecule has 8 heteroatoms. The molecule has 0 bridgehead atoms. The molecule has 1 aliphatic heterocycles. The van der Waals surface area contributed by atoms with Gasteiger partial charge >= 0.3 is 0 Å². The van der Waals surface area contributed by atoms with Crippen LogP contribution in [-0.2, 0) is 11.3 Å². The van der Waals surface area contributed by atoms with Crippen molar-refractivity contribution < 1.29 is 14.1 Å². The lowest BCUT2D eigenvalue weighted by Gasteiger charge is -2.34. The summed E-state index contributed by atoms with van der Waals surface area (Å²) >= 11 is 0. The lowest BCUT2D eigenvalue weighted by Crippen LogP contribution is -2.48. The second-order valence-electron chi connectivity index (χ2n) is 6.79. The molecule has 0 saturated carbocycles. The van der Waals surface area contributed by atoms with Gasteiger partial charge in [-0.3, -0.25) is 9.69 Å². The molecule has 0 aliphatic carbocycles. The summed E-state index contributed by atoms with van der Waals surface area (Å²) in [6.07, 6.45) is -0.177. The number of aromatic nitrogens is 2. The lowest BCUT2D eigenvalue weighted by atomic mass is 10.1. The van der Waals surface area contributed by atoms with Crippen molar-refractivity contribution in [2.24, 2.45) is 0 Å². The van der Waals surface area contributed by atoms with Crippen LogP contribution in [0.5, 0.6) is 0 Å². The fourth-order valence-electron chi connectivity index (χ4n) is 3.16. The predicted octanol–water partition coefficient (Wildman–Crippen LogP) is 2.02. The first kappa shape index (κ1) is 19.3. The Labute approximate surface area is 159 Å². The quantitative estimate of drug-likeness (QED) is 0.774. The highest BCUT2D eigenvalue weighted by Gasteiger charge is 2.24. The number of amides is 1. The Morgan fingerprint density at radius 3 is 2.78 bits per heavy atom. The third kappa shape index (κ3) is 4.64. The molecule has 0 radical (unpaired) electrons. The Kier molecular flexibility index (Phi) is 6.08. The van der Waals surface area contributed by atoms with Crippen LogP contribution in [0, 0.1) is 6.92 Å². The van der Waals surface area contributed by atoms with Gasteiger partial charge in [0.25, 0.3) is 5.91 Å². The van der Waals surface area contributed by atoms with Crippen molar-refractivity contribution in [1.29, 1.82) is 0 Å². The summed E-state index contributed by atoms with van der Waals surface area (Å²) in [4.78, 5) is 21.3. The van der Waals surface area contributed by atoms with Crippen molar-refractivity contribution >= 4 is 11.6 Å². The number of nitrogen functional groups attached to an aromatic ring is 1. The van der Waals surface area contributed by atoms with E-state index >= 15 is 0 Å². The van der Waals surface area contributed by atoms with Crippen LogP contribution in [0.4, 0.5) is 5.69 Å². The smallest absolute Gasteiger partial charge is 0.254 e.